The zero-order valence-electron chi connectivity index (χ0n) is 10.3. The molecule has 0 spiro atoms. The van der Waals surface area contributed by atoms with E-state index in [2.05, 4.69) is 10.3 Å². The number of methoxy groups -OCH3 is 1. The van der Waals surface area contributed by atoms with Gasteiger partial charge < -0.3 is 19.9 Å². The van der Waals surface area contributed by atoms with Crippen molar-refractivity contribution >= 4 is 5.91 Å². The number of pyridine rings is 1. The Hall–Kier alpha value is -1.66. The molecule has 0 radical (unpaired) electrons. The predicted octanol–water partition coefficient (Wildman–Crippen LogP) is -0.112. The van der Waals surface area contributed by atoms with E-state index in [-0.39, 0.29) is 18.6 Å². The van der Waals surface area contributed by atoms with Crippen LogP contribution >= 0.6 is 0 Å². The molecular formula is C12H16N2O4. The maximum atomic E-state index is 12.1. The van der Waals surface area contributed by atoms with Gasteiger partial charge in [-0.2, -0.15) is 0 Å². The number of aliphatic hydroxyl groups is 1. The van der Waals surface area contributed by atoms with Crippen molar-refractivity contribution < 1.29 is 19.4 Å². The summed E-state index contributed by atoms with van der Waals surface area (Å²) in [7, 11) is 1.48. The van der Waals surface area contributed by atoms with Gasteiger partial charge in [0.15, 0.2) is 0 Å². The molecular weight excluding hydrogens is 236 g/mol. The van der Waals surface area contributed by atoms with E-state index < -0.39 is 6.10 Å². The third-order valence-electron chi connectivity index (χ3n) is 2.84. The standard InChI is InChI=1S/C12H16N2O4/c1-7-3-8(11(17-2)4-13-7)12(16)14-9-5-18-6-10(9)15/h3-4,9-10,15H,5-6H2,1-2H3,(H,14,16)/t9-,10+/m0/s1. The van der Waals surface area contributed by atoms with Gasteiger partial charge >= 0.3 is 0 Å². The summed E-state index contributed by atoms with van der Waals surface area (Å²) < 4.78 is 10.2. The minimum atomic E-state index is -0.664. The molecule has 1 aromatic heterocycles. The lowest BCUT2D eigenvalue weighted by atomic mass is 10.1. The van der Waals surface area contributed by atoms with Crippen molar-refractivity contribution in [2.24, 2.45) is 0 Å². The van der Waals surface area contributed by atoms with Crippen LogP contribution in [0.5, 0.6) is 5.75 Å². The van der Waals surface area contributed by atoms with Crippen LogP contribution in [0.3, 0.4) is 0 Å². The van der Waals surface area contributed by atoms with Crippen LogP contribution in [-0.4, -0.2) is 48.5 Å². The molecule has 1 aliphatic heterocycles. The van der Waals surface area contributed by atoms with Crippen molar-refractivity contribution in [1.82, 2.24) is 10.3 Å². The van der Waals surface area contributed by atoms with Crippen LogP contribution in [0.15, 0.2) is 12.3 Å². The van der Waals surface area contributed by atoms with Gasteiger partial charge in [0.05, 0.1) is 44.2 Å². The van der Waals surface area contributed by atoms with Gasteiger partial charge in [-0.15, -0.1) is 0 Å². The summed E-state index contributed by atoms with van der Waals surface area (Å²) in [5, 5.41) is 12.3. The predicted molar refractivity (Wildman–Crippen MR) is 63.6 cm³/mol. The van der Waals surface area contributed by atoms with E-state index >= 15 is 0 Å². The van der Waals surface area contributed by atoms with E-state index in [1.807, 2.05) is 0 Å². The summed E-state index contributed by atoms with van der Waals surface area (Å²) in [6.45, 7) is 2.36. The molecule has 0 aromatic carbocycles. The summed E-state index contributed by atoms with van der Waals surface area (Å²) in [5.74, 6) is 0.110. The van der Waals surface area contributed by atoms with E-state index in [0.717, 1.165) is 5.69 Å². The molecule has 1 saturated heterocycles. The first-order valence-electron chi connectivity index (χ1n) is 5.69. The molecule has 2 heterocycles. The number of aromatic nitrogens is 1. The Labute approximate surface area is 105 Å². The number of hydrogen-bond acceptors (Lipinski definition) is 5. The topological polar surface area (TPSA) is 80.7 Å². The lowest BCUT2D eigenvalue weighted by Crippen LogP contribution is -2.42. The molecule has 2 rings (SSSR count). The van der Waals surface area contributed by atoms with Crippen molar-refractivity contribution in [3.63, 3.8) is 0 Å². The highest BCUT2D eigenvalue weighted by Gasteiger charge is 2.28. The van der Waals surface area contributed by atoms with Crippen LogP contribution in [0.4, 0.5) is 0 Å². The molecule has 2 N–H and O–H groups in total. The second-order valence-electron chi connectivity index (χ2n) is 4.21. The van der Waals surface area contributed by atoms with Gasteiger partial charge in [-0.3, -0.25) is 9.78 Å². The summed E-state index contributed by atoms with van der Waals surface area (Å²) in [6.07, 6.45) is 0.842. The highest BCUT2D eigenvalue weighted by atomic mass is 16.5. The fraction of sp³-hybridized carbons (Fsp3) is 0.500. The molecule has 2 atom stereocenters. The Morgan fingerprint density at radius 2 is 2.39 bits per heavy atom. The summed E-state index contributed by atoms with van der Waals surface area (Å²) in [5.41, 5.74) is 1.13. The third kappa shape index (κ3) is 2.60. The summed E-state index contributed by atoms with van der Waals surface area (Å²) >= 11 is 0. The maximum absolute atomic E-state index is 12.1. The average molecular weight is 252 g/mol. The monoisotopic (exact) mass is 252 g/mol. The molecule has 1 aromatic rings. The van der Waals surface area contributed by atoms with Crippen molar-refractivity contribution in [2.75, 3.05) is 20.3 Å². The van der Waals surface area contributed by atoms with Crippen LogP contribution in [0, 0.1) is 6.92 Å². The molecule has 1 fully saturated rings. The van der Waals surface area contributed by atoms with E-state index in [4.69, 9.17) is 9.47 Å². The highest BCUT2D eigenvalue weighted by molar-refractivity contribution is 5.97. The van der Waals surface area contributed by atoms with Crippen LogP contribution in [0.1, 0.15) is 16.1 Å². The Bertz CT molecular complexity index is 450. The number of carbonyl (C=O) groups is 1. The molecule has 0 aliphatic carbocycles. The number of hydrogen-bond donors (Lipinski definition) is 2. The molecule has 6 nitrogen and oxygen atoms in total. The normalized spacial score (nSPS) is 22.8. The number of rotatable bonds is 3. The number of nitrogens with zero attached hydrogens (tertiary/aromatic N) is 1. The first-order valence-corrected chi connectivity index (χ1v) is 5.69. The van der Waals surface area contributed by atoms with Gasteiger partial charge in [0.25, 0.3) is 5.91 Å². The van der Waals surface area contributed by atoms with Gasteiger partial charge in [-0.05, 0) is 13.0 Å². The van der Waals surface area contributed by atoms with Crippen molar-refractivity contribution in [1.29, 1.82) is 0 Å². The Kier molecular flexibility index (Phi) is 3.78. The fourth-order valence-electron chi connectivity index (χ4n) is 1.81. The average Bonchev–Trinajstić information content (AvgIpc) is 2.75. The number of aryl methyl sites for hydroxylation is 1. The second-order valence-corrected chi connectivity index (χ2v) is 4.21. The maximum Gasteiger partial charge on any atom is 0.255 e. The van der Waals surface area contributed by atoms with Crippen molar-refractivity contribution in [3.8, 4) is 5.75 Å². The zero-order chi connectivity index (χ0) is 13.1. The van der Waals surface area contributed by atoms with Gasteiger partial charge in [-0.1, -0.05) is 0 Å². The van der Waals surface area contributed by atoms with Crippen LogP contribution < -0.4 is 10.1 Å². The lowest BCUT2D eigenvalue weighted by Gasteiger charge is -2.15. The first-order chi connectivity index (χ1) is 8.61. The largest absolute Gasteiger partial charge is 0.494 e. The van der Waals surface area contributed by atoms with Crippen molar-refractivity contribution in [2.45, 2.75) is 19.1 Å². The molecule has 0 bridgehead atoms. The minimum Gasteiger partial charge on any atom is -0.494 e. The molecule has 0 unspecified atom stereocenters. The number of ether oxygens (including phenoxy) is 2. The van der Waals surface area contributed by atoms with E-state index in [1.165, 1.54) is 13.3 Å². The van der Waals surface area contributed by atoms with Gasteiger partial charge in [-0.25, -0.2) is 0 Å². The lowest BCUT2D eigenvalue weighted by molar-refractivity contribution is 0.0883. The summed E-state index contributed by atoms with van der Waals surface area (Å²) in [4.78, 5) is 16.2. The van der Waals surface area contributed by atoms with E-state index in [0.29, 0.717) is 17.9 Å². The Balaban J connectivity index is 2.15. The fourth-order valence-corrected chi connectivity index (χ4v) is 1.81. The van der Waals surface area contributed by atoms with E-state index in [9.17, 15) is 9.90 Å². The first kappa shape index (κ1) is 12.8. The number of carbonyl (C=O) groups excluding carboxylic acids is 1. The van der Waals surface area contributed by atoms with Crippen LogP contribution in [-0.2, 0) is 4.74 Å². The van der Waals surface area contributed by atoms with Gasteiger partial charge in [0.1, 0.15) is 5.75 Å². The van der Waals surface area contributed by atoms with Crippen LogP contribution in [0.2, 0.25) is 0 Å². The number of amides is 1. The molecule has 1 aliphatic rings. The molecule has 98 valence electrons. The van der Waals surface area contributed by atoms with Gasteiger partial charge in [0.2, 0.25) is 0 Å². The van der Waals surface area contributed by atoms with E-state index in [1.54, 1.807) is 13.0 Å². The quantitative estimate of drug-likeness (QED) is 0.784. The van der Waals surface area contributed by atoms with Crippen molar-refractivity contribution in [3.05, 3.63) is 23.5 Å². The zero-order valence-corrected chi connectivity index (χ0v) is 10.3. The van der Waals surface area contributed by atoms with Gasteiger partial charge in [0, 0.05) is 5.69 Å². The Morgan fingerprint density at radius 3 is 3.00 bits per heavy atom. The number of nitrogens with one attached hydrogen (secondary N) is 1. The van der Waals surface area contributed by atoms with Crippen LogP contribution in [0.25, 0.3) is 0 Å². The molecule has 0 saturated carbocycles. The summed E-state index contributed by atoms with van der Waals surface area (Å²) in [6, 6.07) is 1.27. The second kappa shape index (κ2) is 5.32. The highest BCUT2D eigenvalue weighted by Crippen LogP contribution is 2.18. The SMILES string of the molecule is COc1cnc(C)cc1C(=O)N[C@H]1COC[C@H]1O. The molecule has 18 heavy (non-hydrogen) atoms. The molecule has 1 amide bonds. The smallest absolute Gasteiger partial charge is 0.255 e. The minimum absolute atomic E-state index is 0.247. The third-order valence-corrected chi connectivity index (χ3v) is 2.84. The molecule has 6 heteroatoms. The number of aliphatic hydroxyl groups excluding tert-OH is 1. The Morgan fingerprint density at radius 1 is 1.61 bits per heavy atom.